The first-order valence-electron chi connectivity index (χ1n) is 5.20. The van der Waals surface area contributed by atoms with E-state index >= 15 is 0 Å². The van der Waals surface area contributed by atoms with E-state index in [2.05, 4.69) is 4.90 Å². The van der Waals surface area contributed by atoms with E-state index in [1.165, 1.54) is 0 Å². The third-order valence-corrected chi connectivity index (χ3v) is 2.70. The molecule has 82 valence electrons. The molecule has 14 heavy (non-hydrogen) atoms. The van der Waals surface area contributed by atoms with Crippen LogP contribution in [0.25, 0.3) is 0 Å². The molecule has 2 unspecified atom stereocenters. The smallest absolute Gasteiger partial charge is 0.303 e. The highest BCUT2D eigenvalue weighted by molar-refractivity contribution is 5.67. The molecule has 0 aromatic heterocycles. The highest BCUT2D eigenvalue weighted by atomic mass is 16.4. The van der Waals surface area contributed by atoms with Crippen molar-refractivity contribution in [1.29, 1.82) is 0 Å². The van der Waals surface area contributed by atoms with E-state index in [0.29, 0.717) is 5.92 Å². The van der Waals surface area contributed by atoms with Gasteiger partial charge in [0.1, 0.15) is 0 Å². The molecule has 1 saturated heterocycles. The fraction of sp³-hybridized carbons (Fsp3) is 0.900. The van der Waals surface area contributed by atoms with Gasteiger partial charge in [-0.2, -0.15) is 0 Å². The zero-order chi connectivity index (χ0) is 10.6. The first kappa shape index (κ1) is 11.5. The van der Waals surface area contributed by atoms with E-state index in [9.17, 15) is 4.79 Å². The molecule has 0 saturated carbocycles. The normalized spacial score (nSPS) is 25.1. The Morgan fingerprint density at radius 3 is 2.93 bits per heavy atom. The lowest BCUT2D eigenvalue weighted by molar-refractivity contribution is -0.138. The van der Waals surface area contributed by atoms with Crippen LogP contribution in [0.5, 0.6) is 0 Å². The van der Waals surface area contributed by atoms with Crippen LogP contribution in [0.2, 0.25) is 0 Å². The van der Waals surface area contributed by atoms with E-state index in [0.717, 1.165) is 32.5 Å². The van der Waals surface area contributed by atoms with Crippen molar-refractivity contribution in [2.75, 3.05) is 19.6 Å². The van der Waals surface area contributed by atoms with Crippen molar-refractivity contribution in [3.63, 3.8) is 0 Å². The van der Waals surface area contributed by atoms with E-state index in [-0.39, 0.29) is 12.5 Å². The van der Waals surface area contributed by atoms with Crippen molar-refractivity contribution >= 4 is 5.97 Å². The van der Waals surface area contributed by atoms with E-state index in [4.69, 9.17) is 10.2 Å². The molecule has 0 bridgehead atoms. The molecule has 4 nitrogen and oxygen atoms in total. The topological polar surface area (TPSA) is 60.8 Å². The van der Waals surface area contributed by atoms with Crippen LogP contribution in [0.1, 0.15) is 26.2 Å². The number of likely N-dealkylation sites (tertiary alicyclic amines) is 1. The molecule has 4 heteroatoms. The molecule has 2 atom stereocenters. The Morgan fingerprint density at radius 1 is 1.64 bits per heavy atom. The van der Waals surface area contributed by atoms with Crippen molar-refractivity contribution in [3.05, 3.63) is 0 Å². The van der Waals surface area contributed by atoms with Crippen LogP contribution >= 0.6 is 0 Å². The highest BCUT2D eigenvalue weighted by Crippen LogP contribution is 2.19. The van der Waals surface area contributed by atoms with E-state index in [1.807, 2.05) is 0 Å². The van der Waals surface area contributed by atoms with Gasteiger partial charge in [-0.3, -0.25) is 4.79 Å². The highest BCUT2D eigenvalue weighted by Gasteiger charge is 2.23. The molecular weight excluding hydrogens is 182 g/mol. The molecule has 1 aliphatic rings. The number of carbonyl (C=O) groups is 1. The van der Waals surface area contributed by atoms with Gasteiger partial charge in [0.25, 0.3) is 0 Å². The van der Waals surface area contributed by atoms with Crippen molar-refractivity contribution in [1.82, 2.24) is 4.90 Å². The van der Waals surface area contributed by atoms with Crippen molar-refractivity contribution in [2.24, 2.45) is 5.92 Å². The number of carboxylic acids is 1. The van der Waals surface area contributed by atoms with Crippen molar-refractivity contribution in [3.8, 4) is 0 Å². The Kier molecular flexibility index (Phi) is 4.35. The van der Waals surface area contributed by atoms with Crippen LogP contribution in [0, 0.1) is 5.92 Å². The maximum atomic E-state index is 10.5. The second kappa shape index (κ2) is 5.32. The van der Waals surface area contributed by atoms with Gasteiger partial charge in [0.2, 0.25) is 0 Å². The maximum absolute atomic E-state index is 10.5. The van der Waals surface area contributed by atoms with Crippen molar-refractivity contribution < 1.29 is 15.0 Å². The Hall–Kier alpha value is -0.610. The SMILES string of the molecule is CC(O)CCN1CCC(CC(=O)O)C1. The number of aliphatic carboxylic acids is 1. The maximum Gasteiger partial charge on any atom is 0.303 e. The van der Waals surface area contributed by atoms with Gasteiger partial charge in [0, 0.05) is 19.5 Å². The Bertz CT molecular complexity index is 194. The minimum atomic E-state index is -0.702. The summed E-state index contributed by atoms with van der Waals surface area (Å²) in [5.41, 5.74) is 0. The summed E-state index contributed by atoms with van der Waals surface area (Å²) >= 11 is 0. The van der Waals surface area contributed by atoms with Gasteiger partial charge in [0.15, 0.2) is 0 Å². The van der Waals surface area contributed by atoms with Crippen molar-refractivity contribution in [2.45, 2.75) is 32.3 Å². The number of rotatable bonds is 5. The third-order valence-electron chi connectivity index (χ3n) is 2.70. The molecule has 0 radical (unpaired) electrons. The molecule has 1 heterocycles. The predicted octanol–water partition coefficient (Wildman–Crippen LogP) is 0.554. The molecule has 0 spiro atoms. The molecular formula is C10H19NO3. The molecule has 0 aromatic rings. The summed E-state index contributed by atoms with van der Waals surface area (Å²) in [7, 11) is 0. The Morgan fingerprint density at radius 2 is 2.36 bits per heavy atom. The summed E-state index contributed by atoms with van der Waals surface area (Å²) in [6, 6.07) is 0. The largest absolute Gasteiger partial charge is 0.481 e. The lowest BCUT2D eigenvalue weighted by Gasteiger charge is -2.16. The van der Waals surface area contributed by atoms with Crippen LogP contribution in [-0.2, 0) is 4.79 Å². The average molecular weight is 201 g/mol. The summed E-state index contributed by atoms with van der Waals surface area (Å²) in [5, 5.41) is 17.7. The molecule has 0 aliphatic carbocycles. The third kappa shape index (κ3) is 4.07. The van der Waals surface area contributed by atoms with Gasteiger partial charge in [-0.15, -0.1) is 0 Å². The monoisotopic (exact) mass is 201 g/mol. The summed E-state index contributed by atoms with van der Waals surface area (Å²) in [5.74, 6) is -0.395. The second-order valence-electron chi connectivity index (χ2n) is 4.19. The summed E-state index contributed by atoms with van der Waals surface area (Å²) in [4.78, 5) is 12.7. The van der Waals surface area contributed by atoms with Gasteiger partial charge < -0.3 is 15.1 Å². The summed E-state index contributed by atoms with van der Waals surface area (Å²) < 4.78 is 0. The molecule has 2 N–H and O–H groups in total. The second-order valence-corrected chi connectivity index (χ2v) is 4.19. The standard InChI is InChI=1S/C10H19NO3/c1-8(12)2-4-11-5-3-9(7-11)6-10(13)14/h8-9,12H,2-7H2,1H3,(H,13,14). The van der Waals surface area contributed by atoms with Crippen LogP contribution in [0.3, 0.4) is 0 Å². The molecule has 1 rings (SSSR count). The van der Waals surface area contributed by atoms with E-state index in [1.54, 1.807) is 6.92 Å². The predicted molar refractivity (Wildman–Crippen MR) is 53.1 cm³/mol. The average Bonchev–Trinajstić information content (AvgIpc) is 2.47. The zero-order valence-electron chi connectivity index (χ0n) is 8.65. The lowest BCUT2D eigenvalue weighted by Crippen LogP contribution is -2.24. The number of hydrogen-bond donors (Lipinski definition) is 2. The summed E-state index contributed by atoms with van der Waals surface area (Å²) in [6.45, 7) is 4.52. The zero-order valence-corrected chi connectivity index (χ0v) is 8.65. The minimum absolute atomic E-state index is 0.256. The minimum Gasteiger partial charge on any atom is -0.481 e. The number of aliphatic hydroxyl groups is 1. The molecule has 1 fully saturated rings. The van der Waals surface area contributed by atoms with Crippen LogP contribution in [0.15, 0.2) is 0 Å². The fourth-order valence-electron chi connectivity index (χ4n) is 1.90. The Labute approximate surface area is 84.5 Å². The van der Waals surface area contributed by atoms with Crippen LogP contribution < -0.4 is 0 Å². The molecule has 0 aromatic carbocycles. The number of carboxylic acid groups (broad SMARTS) is 1. The van der Waals surface area contributed by atoms with Gasteiger partial charge in [0.05, 0.1) is 6.10 Å². The van der Waals surface area contributed by atoms with E-state index < -0.39 is 5.97 Å². The van der Waals surface area contributed by atoms with Gasteiger partial charge in [-0.05, 0) is 32.2 Å². The first-order chi connectivity index (χ1) is 6.58. The van der Waals surface area contributed by atoms with Gasteiger partial charge in [-0.1, -0.05) is 0 Å². The fourth-order valence-corrected chi connectivity index (χ4v) is 1.90. The summed E-state index contributed by atoms with van der Waals surface area (Å²) in [6.07, 6.45) is 1.78. The molecule has 0 amide bonds. The first-order valence-corrected chi connectivity index (χ1v) is 5.20. The van der Waals surface area contributed by atoms with Crippen LogP contribution in [-0.4, -0.2) is 46.8 Å². The number of aliphatic hydroxyl groups excluding tert-OH is 1. The molecule has 1 aliphatic heterocycles. The van der Waals surface area contributed by atoms with Gasteiger partial charge >= 0.3 is 5.97 Å². The van der Waals surface area contributed by atoms with Crippen LogP contribution in [0.4, 0.5) is 0 Å². The lowest BCUT2D eigenvalue weighted by atomic mass is 10.1. The number of nitrogens with zero attached hydrogens (tertiary/aromatic N) is 1. The number of hydrogen-bond acceptors (Lipinski definition) is 3. The van der Waals surface area contributed by atoms with Gasteiger partial charge in [-0.25, -0.2) is 0 Å². The quantitative estimate of drug-likeness (QED) is 0.682. The Balaban J connectivity index is 2.17.